The van der Waals surface area contributed by atoms with Crippen molar-refractivity contribution in [2.24, 2.45) is 0 Å². The number of rotatable bonds is 0. The smallest absolute Gasteiger partial charge is 0.545 e. The van der Waals surface area contributed by atoms with Crippen molar-refractivity contribution in [3.8, 4) is 0 Å². The van der Waals surface area contributed by atoms with Crippen molar-refractivity contribution in [1.82, 2.24) is 0 Å². The topological polar surface area (TPSA) is 17.1 Å². The van der Waals surface area contributed by atoms with Gasteiger partial charge in [0.1, 0.15) is 0 Å². The monoisotopic (exact) mass is 258 g/mol. The number of carbonyl (C=O) groups excluding carboxylic acids is 1. The van der Waals surface area contributed by atoms with Gasteiger partial charge in [0, 0.05) is 0 Å². The molecule has 0 heterocycles. The number of hydrogen-bond acceptors (Lipinski definition) is 1. The van der Waals surface area contributed by atoms with Crippen LogP contribution in [0, 0.1) is 14.9 Å². The Hall–Kier alpha value is 1.15. The van der Waals surface area contributed by atoms with E-state index in [-0.39, 0.29) is 34.3 Å². The first kappa shape index (κ1) is 49.3. The molecule has 0 amide bonds. The van der Waals surface area contributed by atoms with Crippen LogP contribution in [0.3, 0.4) is 0 Å². The molecule has 0 aliphatic rings. The standard InChI is InChI=1S/CHO.2CH5P.2CH3.Rh/c3*1-2;;;/h1H;2*2H2,1H3;2*1H3;/q-1;;;2*-1;+3. The molecule has 0 spiro atoms. The Kier molecular flexibility index (Phi) is 2510. The summed E-state index contributed by atoms with van der Waals surface area (Å²) >= 11 is 0. The summed E-state index contributed by atoms with van der Waals surface area (Å²) in [5.41, 5.74) is 0. The van der Waals surface area contributed by atoms with Crippen molar-refractivity contribution in [3.63, 3.8) is 0 Å². The zero-order valence-corrected chi connectivity index (χ0v) is 10.4. The summed E-state index contributed by atoms with van der Waals surface area (Å²) in [4.78, 5) is 7.75. The van der Waals surface area contributed by atoms with Crippen LogP contribution in [-0.4, -0.2) is 20.1 Å². The Morgan fingerprint density at radius 1 is 0.889 bits per heavy atom. The quantitative estimate of drug-likeness (QED) is 0.279. The predicted molar refractivity (Wildman–Crippen MR) is 50.8 cm³/mol. The van der Waals surface area contributed by atoms with Crippen LogP contribution in [0.15, 0.2) is 0 Å². The maximum absolute atomic E-state index is 7.75. The first-order chi connectivity index (χ1) is 3.00. The molecule has 1 nitrogen and oxygen atoms in total. The Bertz CT molecular complexity index is 14.9. The second-order valence-electron chi connectivity index (χ2n) is 0. The molecule has 4 heteroatoms. The normalized spacial score (nSPS) is 1.78. The van der Waals surface area contributed by atoms with Gasteiger partial charge in [-0.1, -0.05) is 13.3 Å². The third kappa shape index (κ3) is 352. The van der Waals surface area contributed by atoms with Gasteiger partial charge < -0.3 is 19.6 Å². The average Bonchev–Trinajstić information content (AvgIpc) is 1.81. The zero-order valence-electron chi connectivity index (χ0n) is 6.47. The van der Waals surface area contributed by atoms with Crippen LogP contribution in [0.25, 0.3) is 0 Å². The van der Waals surface area contributed by atoms with Crippen LogP contribution in [-0.2, 0) is 24.3 Å². The Balaban J connectivity index is -0.00000000321. The third-order valence-electron chi connectivity index (χ3n) is 0. The van der Waals surface area contributed by atoms with Gasteiger partial charge in [0.2, 0.25) is 0 Å². The molecule has 0 saturated heterocycles. The minimum Gasteiger partial charge on any atom is -0.545 e. The molecule has 0 N–H and O–H groups in total. The minimum absolute atomic E-state index is 0. The van der Waals surface area contributed by atoms with E-state index in [2.05, 4.69) is 25.3 Å². The molecule has 0 bridgehead atoms. The molecule has 0 rings (SSSR count). The maximum Gasteiger partial charge on any atom is 3.00 e. The minimum atomic E-state index is 0. The fourth-order valence-corrected chi connectivity index (χ4v) is 0. The molecular formula is C5H17OP2Rh. The molecule has 62 valence electrons. The Morgan fingerprint density at radius 3 is 0.889 bits per heavy atom. The first-order valence-corrected chi connectivity index (χ1v) is 3.70. The summed E-state index contributed by atoms with van der Waals surface area (Å²) in [6.07, 6.45) is 0. The van der Waals surface area contributed by atoms with E-state index in [0.29, 0.717) is 0 Å². The SMILES string of the molecule is CP.CP.[CH-]=O.[CH3-].[CH3-].[Rh+3]. The Morgan fingerprint density at radius 2 is 0.889 bits per heavy atom. The van der Waals surface area contributed by atoms with Crippen LogP contribution < -0.4 is 0 Å². The van der Waals surface area contributed by atoms with Crippen molar-refractivity contribution < 1.29 is 24.3 Å². The van der Waals surface area contributed by atoms with E-state index in [0.717, 1.165) is 0 Å². The van der Waals surface area contributed by atoms with Gasteiger partial charge >= 0.3 is 19.5 Å². The van der Waals surface area contributed by atoms with E-state index in [4.69, 9.17) is 4.79 Å². The summed E-state index contributed by atoms with van der Waals surface area (Å²) < 4.78 is 0. The van der Waals surface area contributed by atoms with Gasteiger partial charge in [-0.3, -0.25) is 6.79 Å². The van der Waals surface area contributed by atoms with Crippen LogP contribution in [0.2, 0.25) is 0 Å². The molecule has 0 aliphatic heterocycles. The van der Waals surface area contributed by atoms with Gasteiger partial charge in [0.25, 0.3) is 0 Å². The van der Waals surface area contributed by atoms with Gasteiger partial charge in [-0.25, -0.2) is 0 Å². The van der Waals surface area contributed by atoms with Crippen molar-refractivity contribution in [2.45, 2.75) is 0 Å². The molecule has 0 aromatic rings. The van der Waals surface area contributed by atoms with Crippen LogP contribution in [0.5, 0.6) is 0 Å². The molecule has 2 atom stereocenters. The Labute approximate surface area is 77.9 Å². The van der Waals surface area contributed by atoms with Gasteiger partial charge in [0.15, 0.2) is 0 Å². The van der Waals surface area contributed by atoms with Crippen LogP contribution in [0.4, 0.5) is 0 Å². The van der Waals surface area contributed by atoms with Gasteiger partial charge in [-0.05, 0) is 0 Å². The molecule has 9 heavy (non-hydrogen) atoms. The van der Waals surface area contributed by atoms with Gasteiger partial charge in [0.05, 0.1) is 0 Å². The largest absolute Gasteiger partial charge is 3.00 e. The average molecular weight is 258 g/mol. The van der Waals surface area contributed by atoms with Crippen LogP contribution in [0.1, 0.15) is 0 Å². The van der Waals surface area contributed by atoms with E-state index >= 15 is 0 Å². The second-order valence-corrected chi connectivity index (χ2v) is 0. The third-order valence-corrected chi connectivity index (χ3v) is 0. The molecule has 0 saturated carbocycles. The van der Waals surface area contributed by atoms with Gasteiger partial charge in [-0.2, -0.15) is 0 Å². The van der Waals surface area contributed by atoms with E-state index in [9.17, 15) is 0 Å². The summed E-state index contributed by atoms with van der Waals surface area (Å²) in [7, 11) is 4.83. The molecule has 2 unspecified atom stereocenters. The first-order valence-electron chi connectivity index (χ1n) is 1.39. The summed E-state index contributed by atoms with van der Waals surface area (Å²) in [6, 6.07) is 0. The molecular weight excluding hydrogens is 241 g/mol. The van der Waals surface area contributed by atoms with Crippen LogP contribution >= 0.6 is 18.5 Å². The van der Waals surface area contributed by atoms with Crippen molar-refractivity contribution in [2.75, 3.05) is 13.3 Å². The molecule has 0 radical (unpaired) electrons. The summed E-state index contributed by atoms with van der Waals surface area (Å²) in [5.74, 6) is 0. The van der Waals surface area contributed by atoms with E-state index in [1.807, 2.05) is 13.3 Å². The van der Waals surface area contributed by atoms with E-state index in [1.54, 1.807) is 0 Å². The molecule has 0 aromatic heterocycles. The summed E-state index contributed by atoms with van der Waals surface area (Å²) in [6.45, 7) is 7.08. The zero-order chi connectivity index (χ0) is 6.00. The fraction of sp³-hybridized carbons (Fsp3) is 0.400. The predicted octanol–water partition coefficient (Wildman–Crippen LogP) is 1.61. The van der Waals surface area contributed by atoms with E-state index in [1.165, 1.54) is 0 Å². The van der Waals surface area contributed by atoms with Gasteiger partial charge in [-0.15, -0.1) is 18.5 Å². The molecule has 0 aromatic carbocycles. The van der Waals surface area contributed by atoms with E-state index < -0.39 is 0 Å². The summed E-state index contributed by atoms with van der Waals surface area (Å²) in [5, 5.41) is 0. The van der Waals surface area contributed by atoms with Crippen molar-refractivity contribution in [3.05, 3.63) is 14.9 Å². The van der Waals surface area contributed by atoms with Crippen molar-refractivity contribution in [1.29, 1.82) is 0 Å². The fourth-order valence-electron chi connectivity index (χ4n) is 0. The maximum atomic E-state index is 7.75. The molecule has 0 aliphatic carbocycles. The second kappa shape index (κ2) is 457. The molecule has 0 fully saturated rings. The number of hydrogen-bond donors (Lipinski definition) is 0. The van der Waals surface area contributed by atoms with Crippen molar-refractivity contribution >= 4 is 25.3 Å².